The summed E-state index contributed by atoms with van der Waals surface area (Å²) in [7, 11) is 0. The van der Waals surface area contributed by atoms with Crippen LogP contribution >= 0.6 is 24.2 Å². The number of hydrogen-bond donors (Lipinski definition) is 2. The van der Waals surface area contributed by atoms with Crippen molar-refractivity contribution in [2.75, 3.05) is 6.26 Å². The molecule has 0 saturated carbocycles. The van der Waals surface area contributed by atoms with Gasteiger partial charge in [0.15, 0.2) is 6.10 Å². The Kier molecular flexibility index (Phi) is 7.66. The van der Waals surface area contributed by atoms with Gasteiger partial charge in [0.1, 0.15) is 0 Å². The molecular formula is C16H17ClN2O2S. The van der Waals surface area contributed by atoms with Crippen LogP contribution in [-0.4, -0.2) is 23.5 Å². The Hall–Kier alpha value is -1.82. The van der Waals surface area contributed by atoms with Gasteiger partial charge in [0.2, 0.25) is 0 Å². The molecule has 116 valence electrons. The van der Waals surface area contributed by atoms with Crippen LogP contribution in [0.2, 0.25) is 0 Å². The minimum atomic E-state index is -1.22. The molecule has 0 radical (unpaired) electrons. The maximum atomic E-state index is 11.8. The van der Waals surface area contributed by atoms with E-state index < -0.39 is 12.0 Å². The molecule has 2 aromatic rings. The summed E-state index contributed by atoms with van der Waals surface area (Å²) in [5.74, 6) is -0.557. The summed E-state index contributed by atoms with van der Waals surface area (Å²) in [4.78, 5) is 12.9. The van der Waals surface area contributed by atoms with Gasteiger partial charge in [-0.3, -0.25) is 4.79 Å². The first-order chi connectivity index (χ1) is 10.2. The number of nitrogens with zero attached hydrogens (tertiary/aromatic N) is 1. The fourth-order valence-corrected chi connectivity index (χ4v) is 2.12. The number of aliphatic hydroxyl groups excluding tert-OH is 1. The van der Waals surface area contributed by atoms with Gasteiger partial charge in [-0.05, 0) is 29.5 Å². The Bertz CT molecular complexity index is 618. The quantitative estimate of drug-likeness (QED) is 0.501. The van der Waals surface area contributed by atoms with Crippen LogP contribution < -0.4 is 5.43 Å². The molecule has 22 heavy (non-hydrogen) atoms. The van der Waals surface area contributed by atoms with E-state index in [-0.39, 0.29) is 12.4 Å². The van der Waals surface area contributed by atoms with E-state index in [1.165, 1.54) is 0 Å². The lowest BCUT2D eigenvalue weighted by molar-refractivity contribution is -0.129. The summed E-state index contributed by atoms with van der Waals surface area (Å²) in [6.45, 7) is 0. The van der Waals surface area contributed by atoms with E-state index in [0.29, 0.717) is 5.56 Å². The van der Waals surface area contributed by atoms with Crippen LogP contribution in [0.4, 0.5) is 0 Å². The summed E-state index contributed by atoms with van der Waals surface area (Å²) < 4.78 is 0. The largest absolute Gasteiger partial charge is 0.378 e. The summed E-state index contributed by atoms with van der Waals surface area (Å²) >= 11 is 1.66. The van der Waals surface area contributed by atoms with Crippen molar-refractivity contribution in [1.29, 1.82) is 0 Å². The Labute approximate surface area is 140 Å². The molecule has 2 aromatic carbocycles. The van der Waals surface area contributed by atoms with Crippen molar-refractivity contribution in [3.05, 3.63) is 65.7 Å². The topological polar surface area (TPSA) is 61.7 Å². The monoisotopic (exact) mass is 336 g/mol. The highest BCUT2D eigenvalue weighted by atomic mass is 35.5. The molecule has 0 heterocycles. The lowest BCUT2D eigenvalue weighted by Gasteiger charge is -2.08. The number of aliphatic hydroxyl groups is 1. The SMILES string of the molecule is CSc1ccc(/C=N/NC(=O)C(O)c2ccccc2)cc1.Cl. The molecule has 4 nitrogen and oxygen atoms in total. The molecule has 0 bridgehead atoms. The molecule has 0 aliphatic heterocycles. The van der Waals surface area contributed by atoms with Crippen LogP contribution in [0.25, 0.3) is 0 Å². The van der Waals surface area contributed by atoms with E-state index >= 15 is 0 Å². The number of rotatable bonds is 5. The average Bonchev–Trinajstić information content (AvgIpc) is 2.55. The van der Waals surface area contributed by atoms with Gasteiger partial charge in [0.25, 0.3) is 5.91 Å². The van der Waals surface area contributed by atoms with Gasteiger partial charge in [-0.15, -0.1) is 24.2 Å². The van der Waals surface area contributed by atoms with Crippen LogP contribution in [0.3, 0.4) is 0 Å². The Morgan fingerprint density at radius 3 is 2.41 bits per heavy atom. The Balaban J connectivity index is 0.00000242. The van der Waals surface area contributed by atoms with Crippen LogP contribution in [-0.2, 0) is 4.79 Å². The Morgan fingerprint density at radius 2 is 1.82 bits per heavy atom. The van der Waals surface area contributed by atoms with E-state index in [1.807, 2.05) is 36.6 Å². The second-order valence-corrected chi connectivity index (χ2v) is 5.20. The number of hydrazone groups is 1. The number of thioether (sulfide) groups is 1. The van der Waals surface area contributed by atoms with E-state index in [0.717, 1.165) is 10.5 Å². The lowest BCUT2D eigenvalue weighted by atomic mass is 10.1. The molecule has 0 spiro atoms. The fraction of sp³-hybridized carbons (Fsp3) is 0.125. The highest BCUT2D eigenvalue weighted by molar-refractivity contribution is 7.98. The van der Waals surface area contributed by atoms with Crippen molar-refractivity contribution in [3.8, 4) is 0 Å². The zero-order valence-corrected chi connectivity index (χ0v) is 13.6. The normalized spacial score (nSPS) is 11.7. The first-order valence-corrected chi connectivity index (χ1v) is 7.63. The molecular weight excluding hydrogens is 320 g/mol. The maximum Gasteiger partial charge on any atom is 0.273 e. The number of carbonyl (C=O) groups is 1. The third-order valence-electron chi connectivity index (χ3n) is 2.87. The molecule has 1 atom stereocenters. The summed E-state index contributed by atoms with van der Waals surface area (Å²) in [5, 5.41) is 13.7. The summed E-state index contributed by atoms with van der Waals surface area (Å²) in [6, 6.07) is 16.5. The molecule has 0 saturated heterocycles. The number of halogens is 1. The van der Waals surface area contributed by atoms with E-state index in [1.54, 1.807) is 42.2 Å². The lowest BCUT2D eigenvalue weighted by Crippen LogP contribution is -2.25. The van der Waals surface area contributed by atoms with Crippen LogP contribution in [0.15, 0.2) is 64.6 Å². The first-order valence-electron chi connectivity index (χ1n) is 6.40. The molecule has 0 aliphatic carbocycles. The third kappa shape index (κ3) is 5.18. The number of carbonyl (C=O) groups excluding carboxylic acids is 1. The zero-order valence-electron chi connectivity index (χ0n) is 12.0. The van der Waals surface area contributed by atoms with E-state index in [9.17, 15) is 9.90 Å². The van der Waals surface area contributed by atoms with Crippen molar-refractivity contribution in [2.24, 2.45) is 5.10 Å². The highest BCUT2D eigenvalue weighted by Crippen LogP contribution is 2.14. The van der Waals surface area contributed by atoms with Gasteiger partial charge in [0, 0.05) is 4.90 Å². The predicted octanol–water partition coefficient (Wildman–Crippen LogP) is 3.01. The minimum Gasteiger partial charge on any atom is -0.378 e. The van der Waals surface area contributed by atoms with E-state index in [4.69, 9.17) is 0 Å². The van der Waals surface area contributed by atoms with Crippen LogP contribution in [0.1, 0.15) is 17.2 Å². The van der Waals surface area contributed by atoms with Crippen molar-refractivity contribution in [1.82, 2.24) is 5.43 Å². The van der Waals surface area contributed by atoms with Crippen LogP contribution in [0, 0.1) is 0 Å². The van der Waals surface area contributed by atoms with Crippen molar-refractivity contribution < 1.29 is 9.90 Å². The van der Waals surface area contributed by atoms with Crippen molar-refractivity contribution in [3.63, 3.8) is 0 Å². The number of hydrogen-bond acceptors (Lipinski definition) is 4. The van der Waals surface area contributed by atoms with Gasteiger partial charge in [-0.25, -0.2) is 5.43 Å². The summed E-state index contributed by atoms with van der Waals surface area (Å²) in [5.41, 5.74) is 3.75. The summed E-state index contributed by atoms with van der Waals surface area (Å²) in [6.07, 6.45) is 2.33. The smallest absolute Gasteiger partial charge is 0.273 e. The second kappa shape index (κ2) is 9.25. The second-order valence-electron chi connectivity index (χ2n) is 4.32. The third-order valence-corrected chi connectivity index (χ3v) is 3.61. The first kappa shape index (κ1) is 18.2. The minimum absolute atomic E-state index is 0. The van der Waals surface area contributed by atoms with Gasteiger partial charge in [0.05, 0.1) is 6.21 Å². The molecule has 2 rings (SSSR count). The van der Waals surface area contributed by atoms with Crippen molar-refractivity contribution in [2.45, 2.75) is 11.0 Å². The highest BCUT2D eigenvalue weighted by Gasteiger charge is 2.15. The van der Waals surface area contributed by atoms with Crippen molar-refractivity contribution >= 4 is 36.3 Å². The maximum absolute atomic E-state index is 11.8. The molecule has 0 aliphatic rings. The standard InChI is InChI=1S/C16H16N2O2S.ClH/c1-21-14-9-7-12(8-10-14)11-17-18-16(20)15(19)13-5-3-2-4-6-13;/h2-11,15,19H,1H3,(H,18,20);1H/b17-11+;. The molecule has 0 aromatic heterocycles. The molecule has 1 amide bonds. The van der Waals surface area contributed by atoms with Gasteiger partial charge in [-0.2, -0.15) is 5.10 Å². The molecule has 1 unspecified atom stereocenters. The predicted molar refractivity (Wildman–Crippen MR) is 92.6 cm³/mol. The van der Waals surface area contributed by atoms with Gasteiger partial charge >= 0.3 is 0 Å². The van der Waals surface area contributed by atoms with E-state index in [2.05, 4.69) is 10.5 Å². The molecule has 0 fully saturated rings. The fourth-order valence-electron chi connectivity index (χ4n) is 1.71. The number of amides is 1. The zero-order chi connectivity index (χ0) is 15.1. The molecule has 2 N–H and O–H groups in total. The number of benzene rings is 2. The van der Waals surface area contributed by atoms with Crippen LogP contribution in [0.5, 0.6) is 0 Å². The van der Waals surface area contributed by atoms with Gasteiger partial charge < -0.3 is 5.11 Å². The Morgan fingerprint density at radius 1 is 1.18 bits per heavy atom. The molecule has 6 heteroatoms. The number of nitrogens with one attached hydrogen (secondary N) is 1. The van der Waals surface area contributed by atoms with Gasteiger partial charge in [-0.1, -0.05) is 42.5 Å². The average molecular weight is 337 g/mol.